The number of piperazine rings is 2. The molecule has 0 radical (unpaired) electrons. The van der Waals surface area contributed by atoms with Crippen molar-refractivity contribution in [3.05, 3.63) is 35.6 Å². The van der Waals surface area contributed by atoms with Crippen molar-refractivity contribution in [2.24, 2.45) is 0 Å². The molecule has 1 aromatic rings. The smallest absolute Gasteiger partial charge is 0.123 e. The van der Waals surface area contributed by atoms with E-state index in [0.29, 0.717) is 6.04 Å². The number of hydrogen-bond acceptors (Lipinski definition) is 4. The molecule has 3 rings (SSSR count). The molecule has 1 aromatic carbocycles. The maximum atomic E-state index is 13.3. The topological polar surface area (TPSA) is 21.8 Å². The largest absolute Gasteiger partial charge is 0.314 e. The summed E-state index contributed by atoms with van der Waals surface area (Å²) in [6, 6.07) is 7.50. The molecule has 2 heterocycles. The third-order valence-electron chi connectivity index (χ3n) is 5.19. The first kappa shape index (κ1) is 16.8. The standard InChI is InChI=1S/C18H29FN4/c1-2-21-11-13-23(14-12-21)18(15-22-9-7-20-8-10-22)16-3-5-17(19)6-4-16/h3-6,18,20H,2,7-15H2,1H3. The van der Waals surface area contributed by atoms with Crippen LogP contribution in [-0.4, -0.2) is 80.1 Å². The van der Waals surface area contributed by atoms with Crippen LogP contribution in [0.5, 0.6) is 0 Å². The van der Waals surface area contributed by atoms with Crippen LogP contribution in [0.25, 0.3) is 0 Å². The second-order valence-electron chi connectivity index (χ2n) is 6.59. The zero-order chi connectivity index (χ0) is 16.1. The number of nitrogens with zero attached hydrogens (tertiary/aromatic N) is 3. The van der Waals surface area contributed by atoms with Gasteiger partial charge in [-0.3, -0.25) is 9.80 Å². The molecule has 2 saturated heterocycles. The van der Waals surface area contributed by atoms with E-state index in [2.05, 4.69) is 26.9 Å². The van der Waals surface area contributed by atoms with Crippen LogP contribution in [0.2, 0.25) is 0 Å². The Morgan fingerprint density at radius 1 is 0.957 bits per heavy atom. The summed E-state index contributed by atoms with van der Waals surface area (Å²) >= 11 is 0. The van der Waals surface area contributed by atoms with Crippen LogP contribution in [0, 0.1) is 5.82 Å². The van der Waals surface area contributed by atoms with Gasteiger partial charge in [-0.15, -0.1) is 0 Å². The Morgan fingerprint density at radius 3 is 2.22 bits per heavy atom. The maximum absolute atomic E-state index is 13.3. The van der Waals surface area contributed by atoms with Gasteiger partial charge in [0.1, 0.15) is 5.82 Å². The first-order chi connectivity index (χ1) is 11.3. The SMILES string of the molecule is CCN1CCN(C(CN2CCNCC2)c2ccc(F)cc2)CC1. The van der Waals surface area contributed by atoms with Crippen molar-refractivity contribution >= 4 is 0 Å². The fourth-order valence-corrected chi connectivity index (χ4v) is 3.65. The minimum absolute atomic E-state index is 0.148. The van der Waals surface area contributed by atoms with Gasteiger partial charge in [0.05, 0.1) is 0 Å². The lowest BCUT2D eigenvalue weighted by Gasteiger charge is -2.41. The molecule has 0 aliphatic carbocycles. The van der Waals surface area contributed by atoms with Crippen LogP contribution in [-0.2, 0) is 0 Å². The molecule has 0 spiro atoms. The van der Waals surface area contributed by atoms with Gasteiger partial charge in [0.15, 0.2) is 0 Å². The third kappa shape index (κ3) is 4.51. The van der Waals surface area contributed by atoms with E-state index >= 15 is 0 Å². The molecule has 23 heavy (non-hydrogen) atoms. The van der Waals surface area contributed by atoms with Gasteiger partial charge in [0, 0.05) is 64.9 Å². The fraction of sp³-hybridized carbons (Fsp3) is 0.667. The van der Waals surface area contributed by atoms with E-state index in [1.54, 1.807) is 12.1 Å². The summed E-state index contributed by atoms with van der Waals surface area (Å²) in [5.74, 6) is -0.148. The van der Waals surface area contributed by atoms with E-state index in [0.717, 1.165) is 65.4 Å². The van der Waals surface area contributed by atoms with Crippen molar-refractivity contribution < 1.29 is 4.39 Å². The zero-order valence-electron chi connectivity index (χ0n) is 14.2. The quantitative estimate of drug-likeness (QED) is 0.885. The lowest BCUT2D eigenvalue weighted by atomic mass is 10.0. The van der Waals surface area contributed by atoms with Gasteiger partial charge in [-0.25, -0.2) is 4.39 Å². The van der Waals surface area contributed by atoms with E-state index in [9.17, 15) is 4.39 Å². The van der Waals surface area contributed by atoms with Gasteiger partial charge in [-0.1, -0.05) is 19.1 Å². The Balaban J connectivity index is 1.71. The van der Waals surface area contributed by atoms with Crippen LogP contribution < -0.4 is 5.32 Å². The molecule has 1 N–H and O–H groups in total. The Bertz CT molecular complexity index is 464. The van der Waals surface area contributed by atoms with Crippen molar-refractivity contribution in [1.82, 2.24) is 20.0 Å². The summed E-state index contributed by atoms with van der Waals surface area (Å²) in [4.78, 5) is 7.63. The number of hydrogen-bond donors (Lipinski definition) is 1. The summed E-state index contributed by atoms with van der Waals surface area (Å²) in [6.07, 6.45) is 0. The van der Waals surface area contributed by atoms with Crippen molar-refractivity contribution in [1.29, 1.82) is 0 Å². The minimum atomic E-state index is -0.148. The normalized spacial score (nSPS) is 23.0. The highest BCUT2D eigenvalue weighted by atomic mass is 19.1. The van der Waals surface area contributed by atoms with Gasteiger partial charge < -0.3 is 10.2 Å². The maximum Gasteiger partial charge on any atom is 0.123 e. The highest BCUT2D eigenvalue weighted by Crippen LogP contribution is 2.24. The van der Waals surface area contributed by atoms with Gasteiger partial charge in [-0.05, 0) is 24.2 Å². The zero-order valence-corrected chi connectivity index (χ0v) is 14.2. The molecular weight excluding hydrogens is 291 g/mol. The van der Waals surface area contributed by atoms with Crippen molar-refractivity contribution in [3.63, 3.8) is 0 Å². The Hall–Kier alpha value is -1.01. The molecule has 2 aliphatic heterocycles. The van der Waals surface area contributed by atoms with E-state index in [1.165, 1.54) is 5.56 Å². The summed E-state index contributed by atoms with van der Waals surface area (Å²) in [5.41, 5.74) is 1.25. The predicted molar refractivity (Wildman–Crippen MR) is 92.1 cm³/mol. The number of halogens is 1. The van der Waals surface area contributed by atoms with Crippen molar-refractivity contribution in [2.75, 3.05) is 65.4 Å². The van der Waals surface area contributed by atoms with Gasteiger partial charge in [-0.2, -0.15) is 0 Å². The molecule has 0 saturated carbocycles. The Morgan fingerprint density at radius 2 is 1.61 bits per heavy atom. The highest BCUT2D eigenvalue weighted by molar-refractivity contribution is 5.21. The Kier molecular flexibility index (Phi) is 6.00. The van der Waals surface area contributed by atoms with Crippen molar-refractivity contribution in [3.8, 4) is 0 Å². The lowest BCUT2D eigenvalue weighted by molar-refractivity contribution is 0.0737. The first-order valence-electron chi connectivity index (χ1n) is 8.91. The molecule has 0 aromatic heterocycles. The summed E-state index contributed by atoms with van der Waals surface area (Å²) in [7, 11) is 0. The molecular formula is C18H29FN4. The summed E-state index contributed by atoms with van der Waals surface area (Å²) in [6.45, 7) is 13.2. The molecule has 2 fully saturated rings. The van der Waals surface area contributed by atoms with Crippen molar-refractivity contribution in [2.45, 2.75) is 13.0 Å². The Labute approximate surface area is 139 Å². The minimum Gasteiger partial charge on any atom is -0.314 e. The average Bonchev–Trinajstić information content (AvgIpc) is 2.62. The van der Waals surface area contributed by atoms with E-state index in [4.69, 9.17) is 0 Å². The summed E-state index contributed by atoms with van der Waals surface area (Å²) < 4.78 is 13.3. The molecule has 2 aliphatic rings. The van der Waals surface area contributed by atoms with Crippen LogP contribution in [0.4, 0.5) is 4.39 Å². The third-order valence-corrected chi connectivity index (χ3v) is 5.19. The second-order valence-corrected chi connectivity index (χ2v) is 6.59. The average molecular weight is 320 g/mol. The molecule has 1 atom stereocenters. The fourth-order valence-electron chi connectivity index (χ4n) is 3.65. The van der Waals surface area contributed by atoms with Crippen LogP contribution in [0.3, 0.4) is 0 Å². The molecule has 128 valence electrons. The molecule has 0 amide bonds. The number of nitrogens with one attached hydrogen (secondary N) is 1. The van der Waals surface area contributed by atoms with E-state index < -0.39 is 0 Å². The van der Waals surface area contributed by atoms with E-state index in [-0.39, 0.29) is 5.82 Å². The number of likely N-dealkylation sites (N-methyl/N-ethyl adjacent to an activating group) is 1. The van der Waals surface area contributed by atoms with Crippen LogP contribution >= 0.6 is 0 Å². The second kappa shape index (κ2) is 8.20. The number of benzene rings is 1. The van der Waals surface area contributed by atoms with Crippen LogP contribution in [0.1, 0.15) is 18.5 Å². The first-order valence-corrected chi connectivity index (χ1v) is 8.91. The van der Waals surface area contributed by atoms with E-state index in [1.807, 2.05) is 12.1 Å². The highest BCUT2D eigenvalue weighted by Gasteiger charge is 2.26. The van der Waals surface area contributed by atoms with Gasteiger partial charge >= 0.3 is 0 Å². The predicted octanol–water partition coefficient (Wildman–Crippen LogP) is 1.41. The molecule has 5 heteroatoms. The molecule has 1 unspecified atom stereocenters. The van der Waals surface area contributed by atoms with Gasteiger partial charge in [0.2, 0.25) is 0 Å². The number of rotatable bonds is 5. The monoisotopic (exact) mass is 320 g/mol. The summed E-state index contributed by atoms with van der Waals surface area (Å²) in [5, 5.41) is 3.42. The molecule has 0 bridgehead atoms. The lowest BCUT2D eigenvalue weighted by Crippen LogP contribution is -2.51. The molecule has 4 nitrogen and oxygen atoms in total. The van der Waals surface area contributed by atoms with Gasteiger partial charge in [0.25, 0.3) is 0 Å². The van der Waals surface area contributed by atoms with Crippen LogP contribution in [0.15, 0.2) is 24.3 Å².